The molecular formula is C17H22N2O2. The number of carboxylic acid groups (broad SMARTS) is 1. The third kappa shape index (κ3) is 4.08. The van der Waals surface area contributed by atoms with Crippen molar-refractivity contribution in [1.29, 1.82) is 0 Å². The van der Waals surface area contributed by atoms with Crippen LogP contribution in [0.5, 0.6) is 0 Å². The fraction of sp³-hybridized carbons (Fsp3) is 0.471. The summed E-state index contributed by atoms with van der Waals surface area (Å²) in [4.78, 5) is 15.5. The van der Waals surface area contributed by atoms with Gasteiger partial charge in [0, 0.05) is 44.5 Å². The van der Waals surface area contributed by atoms with E-state index >= 15 is 0 Å². The molecule has 0 aromatic heterocycles. The van der Waals surface area contributed by atoms with Crippen LogP contribution in [-0.2, 0) is 4.79 Å². The molecule has 4 heteroatoms. The number of piperazine rings is 1. The van der Waals surface area contributed by atoms with Crippen molar-refractivity contribution >= 4 is 17.7 Å². The van der Waals surface area contributed by atoms with Gasteiger partial charge in [-0.3, -0.25) is 4.90 Å². The first kappa shape index (κ1) is 14.1. The topological polar surface area (TPSA) is 43.8 Å². The van der Waals surface area contributed by atoms with Crippen molar-refractivity contribution in [2.24, 2.45) is 5.92 Å². The summed E-state index contributed by atoms with van der Waals surface area (Å²) in [6, 6.07) is 8.12. The Morgan fingerprint density at radius 3 is 2.38 bits per heavy atom. The molecule has 1 heterocycles. The SMILES string of the molecule is O=C(O)C=Cc1ccc(N2CCN(CC3CC3)CC2)cc1. The first-order valence-electron chi connectivity index (χ1n) is 7.69. The van der Waals surface area contributed by atoms with Gasteiger partial charge in [0.15, 0.2) is 0 Å². The van der Waals surface area contributed by atoms with Crippen LogP contribution in [0, 0.1) is 5.92 Å². The smallest absolute Gasteiger partial charge is 0.328 e. The number of carbonyl (C=O) groups is 1. The molecule has 1 aliphatic carbocycles. The van der Waals surface area contributed by atoms with Crippen LogP contribution in [0.2, 0.25) is 0 Å². The minimum atomic E-state index is -0.911. The van der Waals surface area contributed by atoms with E-state index in [0.717, 1.165) is 37.7 Å². The fourth-order valence-electron chi connectivity index (χ4n) is 2.82. The van der Waals surface area contributed by atoms with E-state index < -0.39 is 5.97 Å². The highest BCUT2D eigenvalue weighted by atomic mass is 16.4. The molecule has 0 atom stereocenters. The summed E-state index contributed by atoms with van der Waals surface area (Å²) in [5.74, 6) is 0.0581. The van der Waals surface area contributed by atoms with Gasteiger partial charge >= 0.3 is 5.97 Å². The molecule has 1 aromatic rings. The van der Waals surface area contributed by atoms with Gasteiger partial charge in [0.2, 0.25) is 0 Å². The molecule has 4 nitrogen and oxygen atoms in total. The summed E-state index contributed by atoms with van der Waals surface area (Å²) in [6.45, 7) is 5.75. The average Bonchev–Trinajstić information content (AvgIpc) is 3.30. The van der Waals surface area contributed by atoms with Crippen LogP contribution in [0.25, 0.3) is 6.08 Å². The maximum absolute atomic E-state index is 10.5. The molecule has 1 aromatic carbocycles. The Bertz CT molecular complexity index is 512. The van der Waals surface area contributed by atoms with Crippen LogP contribution in [0.1, 0.15) is 18.4 Å². The predicted octanol–water partition coefficient (Wildman–Crippen LogP) is 2.32. The molecule has 1 aliphatic heterocycles. The maximum atomic E-state index is 10.5. The van der Waals surface area contributed by atoms with Crippen LogP contribution in [-0.4, -0.2) is 48.7 Å². The van der Waals surface area contributed by atoms with Crippen molar-refractivity contribution in [3.8, 4) is 0 Å². The van der Waals surface area contributed by atoms with Gasteiger partial charge in [0.05, 0.1) is 0 Å². The predicted molar refractivity (Wildman–Crippen MR) is 84.5 cm³/mol. The average molecular weight is 286 g/mol. The van der Waals surface area contributed by atoms with Gasteiger partial charge in [0.25, 0.3) is 0 Å². The monoisotopic (exact) mass is 286 g/mol. The standard InChI is InChI=1S/C17H22N2O2/c20-17(21)8-5-14-3-6-16(7-4-14)19-11-9-18(10-12-19)13-15-1-2-15/h3-8,15H,1-2,9-13H2,(H,20,21). The summed E-state index contributed by atoms with van der Waals surface area (Å²) < 4.78 is 0. The quantitative estimate of drug-likeness (QED) is 0.844. The summed E-state index contributed by atoms with van der Waals surface area (Å²) >= 11 is 0. The second kappa shape index (κ2) is 6.31. The lowest BCUT2D eigenvalue weighted by atomic mass is 10.1. The number of benzene rings is 1. The number of nitrogens with zero attached hydrogens (tertiary/aromatic N) is 2. The molecular weight excluding hydrogens is 264 g/mol. The zero-order valence-electron chi connectivity index (χ0n) is 12.2. The number of anilines is 1. The van der Waals surface area contributed by atoms with Crippen molar-refractivity contribution in [2.45, 2.75) is 12.8 Å². The second-order valence-corrected chi connectivity index (χ2v) is 5.99. The van der Waals surface area contributed by atoms with Crippen molar-refractivity contribution in [1.82, 2.24) is 4.90 Å². The third-order valence-electron chi connectivity index (χ3n) is 4.26. The first-order valence-corrected chi connectivity index (χ1v) is 7.69. The van der Waals surface area contributed by atoms with E-state index in [1.54, 1.807) is 6.08 Å². The summed E-state index contributed by atoms with van der Waals surface area (Å²) in [7, 11) is 0. The van der Waals surface area contributed by atoms with E-state index in [4.69, 9.17) is 5.11 Å². The highest BCUT2D eigenvalue weighted by molar-refractivity contribution is 5.85. The number of hydrogen-bond acceptors (Lipinski definition) is 3. The molecule has 0 radical (unpaired) electrons. The summed E-state index contributed by atoms with van der Waals surface area (Å²) in [5, 5.41) is 8.63. The molecule has 3 rings (SSSR count). The highest BCUT2D eigenvalue weighted by Gasteiger charge is 2.26. The number of rotatable bonds is 5. The van der Waals surface area contributed by atoms with Crippen LogP contribution < -0.4 is 4.90 Å². The maximum Gasteiger partial charge on any atom is 0.328 e. The van der Waals surface area contributed by atoms with Crippen LogP contribution in [0.4, 0.5) is 5.69 Å². The van der Waals surface area contributed by atoms with E-state index in [-0.39, 0.29) is 0 Å². The van der Waals surface area contributed by atoms with Crippen molar-refractivity contribution in [2.75, 3.05) is 37.6 Å². The molecule has 0 bridgehead atoms. The first-order chi connectivity index (χ1) is 10.2. The molecule has 112 valence electrons. The molecule has 1 saturated heterocycles. The summed E-state index contributed by atoms with van der Waals surface area (Å²) in [5.41, 5.74) is 2.15. The fourth-order valence-corrected chi connectivity index (χ4v) is 2.82. The van der Waals surface area contributed by atoms with E-state index in [2.05, 4.69) is 21.9 Å². The largest absolute Gasteiger partial charge is 0.478 e. The van der Waals surface area contributed by atoms with E-state index in [1.165, 1.54) is 31.1 Å². The summed E-state index contributed by atoms with van der Waals surface area (Å²) in [6.07, 6.45) is 5.64. The molecule has 1 saturated carbocycles. The lowest BCUT2D eigenvalue weighted by Crippen LogP contribution is -2.47. The lowest BCUT2D eigenvalue weighted by molar-refractivity contribution is -0.131. The van der Waals surface area contributed by atoms with Crippen LogP contribution in [0.3, 0.4) is 0 Å². The van der Waals surface area contributed by atoms with Gasteiger partial charge in [-0.2, -0.15) is 0 Å². The normalized spacial score (nSPS) is 20.1. The van der Waals surface area contributed by atoms with Gasteiger partial charge in [-0.25, -0.2) is 4.79 Å². The van der Waals surface area contributed by atoms with Gasteiger partial charge in [-0.15, -0.1) is 0 Å². The van der Waals surface area contributed by atoms with Gasteiger partial charge in [0.1, 0.15) is 0 Å². The van der Waals surface area contributed by atoms with Crippen molar-refractivity contribution in [3.63, 3.8) is 0 Å². The Hall–Kier alpha value is -1.81. The molecule has 21 heavy (non-hydrogen) atoms. The van der Waals surface area contributed by atoms with Gasteiger partial charge in [-0.1, -0.05) is 12.1 Å². The van der Waals surface area contributed by atoms with Crippen molar-refractivity contribution in [3.05, 3.63) is 35.9 Å². The Labute approximate surface area is 125 Å². The van der Waals surface area contributed by atoms with E-state index in [1.807, 2.05) is 12.1 Å². The molecule has 0 amide bonds. The Kier molecular flexibility index (Phi) is 4.25. The van der Waals surface area contributed by atoms with Crippen LogP contribution >= 0.6 is 0 Å². The third-order valence-corrected chi connectivity index (χ3v) is 4.26. The number of hydrogen-bond donors (Lipinski definition) is 1. The van der Waals surface area contributed by atoms with E-state index in [9.17, 15) is 4.79 Å². The highest BCUT2D eigenvalue weighted by Crippen LogP contribution is 2.30. The Morgan fingerprint density at radius 2 is 1.81 bits per heavy atom. The van der Waals surface area contributed by atoms with Crippen LogP contribution in [0.15, 0.2) is 30.3 Å². The Morgan fingerprint density at radius 1 is 1.14 bits per heavy atom. The Balaban J connectivity index is 1.53. The minimum absolute atomic E-state index is 0.911. The molecule has 1 N–H and O–H groups in total. The lowest BCUT2D eigenvalue weighted by Gasteiger charge is -2.36. The molecule has 2 fully saturated rings. The minimum Gasteiger partial charge on any atom is -0.478 e. The van der Waals surface area contributed by atoms with E-state index in [0.29, 0.717) is 0 Å². The molecule has 0 spiro atoms. The zero-order valence-corrected chi connectivity index (χ0v) is 12.2. The molecule has 0 unspecified atom stereocenters. The number of carboxylic acids is 1. The number of aliphatic carboxylic acids is 1. The zero-order chi connectivity index (χ0) is 14.7. The van der Waals surface area contributed by atoms with Crippen molar-refractivity contribution < 1.29 is 9.90 Å². The second-order valence-electron chi connectivity index (χ2n) is 5.99. The van der Waals surface area contributed by atoms with Gasteiger partial charge < -0.3 is 10.0 Å². The molecule has 2 aliphatic rings. The van der Waals surface area contributed by atoms with Gasteiger partial charge in [-0.05, 0) is 42.5 Å².